The Morgan fingerprint density at radius 1 is 1.19 bits per heavy atom. The van der Waals surface area contributed by atoms with Crippen molar-refractivity contribution < 1.29 is 19.5 Å². The summed E-state index contributed by atoms with van der Waals surface area (Å²) in [6.45, 7) is 14.0. The molecule has 0 aromatic heterocycles. The van der Waals surface area contributed by atoms with Gasteiger partial charge in [0.2, 0.25) is 17.7 Å². The zero-order chi connectivity index (χ0) is 27.1. The second kappa shape index (κ2) is 10.3. The van der Waals surface area contributed by atoms with Crippen LogP contribution in [0.5, 0.6) is 0 Å². The van der Waals surface area contributed by atoms with Crippen molar-refractivity contribution in [2.24, 2.45) is 11.8 Å². The first kappa shape index (κ1) is 27.5. The van der Waals surface area contributed by atoms with Gasteiger partial charge in [0.05, 0.1) is 29.2 Å². The number of likely N-dealkylation sites (tertiary alicyclic amines) is 1. The Morgan fingerprint density at radius 3 is 2.41 bits per heavy atom. The van der Waals surface area contributed by atoms with E-state index in [2.05, 4.69) is 13.2 Å². The van der Waals surface area contributed by atoms with E-state index >= 15 is 0 Å². The van der Waals surface area contributed by atoms with Crippen molar-refractivity contribution in [3.8, 4) is 0 Å². The lowest BCUT2D eigenvalue weighted by Gasteiger charge is -2.43. The van der Waals surface area contributed by atoms with Gasteiger partial charge in [-0.1, -0.05) is 42.5 Å². The normalized spacial score (nSPS) is 29.1. The van der Waals surface area contributed by atoms with Gasteiger partial charge in [0.1, 0.15) is 6.04 Å². The van der Waals surface area contributed by atoms with Gasteiger partial charge < -0.3 is 19.8 Å². The van der Waals surface area contributed by atoms with E-state index in [1.54, 1.807) is 45.7 Å². The molecule has 3 aliphatic heterocycles. The Kier molecular flexibility index (Phi) is 7.64. The molecule has 3 saturated heterocycles. The van der Waals surface area contributed by atoms with E-state index in [4.69, 9.17) is 0 Å². The third kappa shape index (κ3) is 4.42. The molecule has 3 heterocycles. The number of carbonyl (C=O) groups excluding carboxylic acids is 3. The van der Waals surface area contributed by atoms with E-state index in [-0.39, 0.29) is 29.6 Å². The van der Waals surface area contributed by atoms with Gasteiger partial charge in [-0.3, -0.25) is 14.4 Å². The van der Waals surface area contributed by atoms with Crippen molar-refractivity contribution >= 4 is 29.5 Å². The predicted octanol–water partition coefficient (Wildman–Crippen LogP) is 3.27. The van der Waals surface area contributed by atoms with Crippen molar-refractivity contribution in [2.75, 3.05) is 26.7 Å². The quantitative estimate of drug-likeness (QED) is 0.501. The monoisotopic (exact) mass is 525 g/mol. The van der Waals surface area contributed by atoms with E-state index in [1.807, 2.05) is 51.1 Å². The van der Waals surface area contributed by atoms with Gasteiger partial charge in [-0.15, -0.1) is 24.9 Å². The molecule has 6 atom stereocenters. The van der Waals surface area contributed by atoms with Crippen LogP contribution in [0.3, 0.4) is 0 Å². The Morgan fingerprint density at radius 2 is 1.84 bits per heavy atom. The number of amides is 3. The third-order valence-electron chi connectivity index (χ3n) is 8.12. The number of carbonyl (C=O) groups is 3. The van der Waals surface area contributed by atoms with Crippen LogP contribution in [0.25, 0.3) is 0 Å². The van der Waals surface area contributed by atoms with Crippen LogP contribution in [-0.4, -0.2) is 85.8 Å². The summed E-state index contributed by atoms with van der Waals surface area (Å²) in [7, 11) is 1.74. The maximum absolute atomic E-state index is 14.5. The van der Waals surface area contributed by atoms with Crippen molar-refractivity contribution in [1.82, 2.24) is 14.7 Å². The zero-order valence-electron chi connectivity index (χ0n) is 22.3. The summed E-state index contributed by atoms with van der Waals surface area (Å²) >= 11 is 1.64. The number of aliphatic hydroxyl groups is 1. The highest BCUT2D eigenvalue weighted by Gasteiger charge is 2.74. The first-order valence-corrected chi connectivity index (χ1v) is 13.9. The number of hydrogen-bond donors (Lipinski definition) is 1. The Balaban J connectivity index is 1.86. The summed E-state index contributed by atoms with van der Waals surface area (Å²) in [6.07, 6.45) is 4.84. The molecular formula is C29H39N3O4S. The minimum absolute atomic E-state index is 0.0158. The second-order valence-electron chi connectivity index (χ2n) is 11.3. The van der Waals surface area contributed by atoms with Gasteiger partial charge in [0, 0.05) is 30.9 Å². The van der Waals surface area contributed by atoms with E-state index in [1.165, 1.54) is 0 Å². The molecule has 1 aromatic carbocycles. The molecule has 4 rings (SSSR count). The van der Waals surface area contributed by atoms with Crippen LogP contribution in [0.15, 0.2) is 55.6 Å². The SMILES string of the molecule is C=CCN(C)C(=O)[C@@H]1[C@@H]2CCC3(S2)C(C(=O)N(CC=C)C(C)(C)C)N([C@H](CO)c2ccccc2)C(=O)[C@H]13. The molecule has 3 aliphatic rings. The largest absolute Gasteiger partial charge is 0.394 e. The van der Waals surface area contributed by atoms with Gasteiger partial charge >= 0.3 is 0 Å². The van der Waals surface area contributed by atoms with Crippen molar-refractivity contribution in [2.45, 2.75) is 61.2 Å². The maximum atomic E-state index is 14.5. The number of hydrogen-bond acceptors (Lipinski definition) is 5. The van der Waals surface area contributed by atoms with Crippen LogP contribution in [0, 0.1) is 11.8 Å². The molecule has 37 heavy (non-hydrogen) atoms. The molecule has 200 valence electrons. The van der Waals surface area contributed by atoms with Crippen molar-refractivity contribution in [3.63, 3.8) is 0 Å². The molecule has 2 bridgehead atoms. The van der Waals surface area contributed by atoms with Gasteiger partial charge in [0.25, 0.3) is 0 Å². The standard InChI is InChI=1S/C29H39N3O4S/c1-7-16-30(6)25(34)22-21-14-15-29(37-21)23(22)26(35)32(20(18-33)19-12-10-9-11-13-19)24(29)27(36)31(17-8-2)28(3,4)5/h7-13,20-24,33H,1-2,14-18H2,3-6H3/t20-,21+,22-,23+,24?,29?/m1/s1. The second-order valence-corrected chi connectivity index (χ2v) is 12.9. The van der Waals surface area contributed by atoms with Crippen LogP contribution in [0.1, 0.15) is 45.2 Å². The van der Waals surface area contributed by atoms with Crippen molar-refractivity contribution in [3.05, 3.63) is 61.2 Å². The number of nitrogens with zero attached hydrogens (tertiary/aromatic N) is 3. The van der Waals surface area contributed by atoms with Crippen LogP contribution in [-0.2, 0) is 14.4 Å². The summed E-state index contributed by atoms with van der Waals surface area (Å²) in [5, 5.41) is 10.6. The number of benzene rings is 1. The molecule has 1 N–H and O–H groups in total. The average molecular weight is 526 g/mol. The third-order valence-corrected chi connectivity index (χ3v) is 10.1. The smallest absolute Gasteiger partial charge is 0.247 e. The lowest BCUT2D eigenvalue weighted by Crippen LogP contribution is -2.59. The minimum Gasteiger partial charge on any atom is -0.394 e. The molecule has 7 nitrogen and oxygen atoms in total. The van der Waals surface area contributed by atoms with Gasteiger partial charge in [0.15, 0.2) is 0 Å². The zero-order valence-corrected chi connectivity index (χ0v) is 23.1. The van der Waals surface area contributed by atoms with Crippen molar-refractivity contribution in [1.29, 1.82) is 0 Å². The highest BCUT2D eigenvalue weighted by molar-refractivity contribution is 8.02. The molecule has 8 heteroatoms. The fourth-order valence-corrected chi connectivity index (χ4v) is 8.72. The number of fused-ring (bicyclic) bond motifs is 1. The summed E-state index contributed by atoms with van der Waals surface area (Å²) < 4.78 is -0.721. The summed E-state index contributed by atoms with van der Waals surface area (Å²) in [5.74, 6) is -1.57. The summed E-state index contributed by atoms with van der Waals surface area (Å²) in [4.78, 5) is 47.6. The lowest BCUT2D eigenvalue weighted by molar-refractivity contribution is -0.148. The number of thioether (sulfide) groups is 1. The lowest BCUT2D eigenvalue weighted by atomic mass is 9.70. The van der Waals surface area contributed by atoms with Crippen LogP contribution in [0.2, 0.25) is 0 Å². The summed E-state index contributed by atoms with van der Waals surface area (Å²) in [5.41, 5.74) is 0.265. The first-order valence-electron chi connectivity index (χ1n) is 13.0. The molecular weight excluding hydrogens is 486 g/mol. The molecule has 1 spiro atoms. The molecule has 0 saturated carbocycles. The summed E-state index contributed by atoms with van der Waals surface area (Å²) in [6, 6.07) is 7.88. The van der Waals surface area contributed by atoms with Crippen LogP contribution >= 0.6 is 11.8 Å². The number of aliphatic hydroxyl groups excluding tert-OH is 1. The number of likely N-dealkylation sites (N-methyl/N-ethyl adjacent to an activating group) is 1. The Labute approximate surface area is 224 Å². The molecule has 3 amide bonds. The molecule has 3 fully saturated rings. The molecule has 0 radical (unpaired) electrons. The van der Waals surface area contributed by atoms with Gasteiger partial charge in [-0.25, -0.2) is 0 Å². The topological polar surface area (TPSA) is 81.2 Å². The molecule has 0 aliphatic carbocycles. The molecule has 1 aromatic rings. The number of rotatable bonds is 9. The van der Waals surface area contributed by atoms with Crippen LogP contribution in [0.4, 0.5) is 0 Å². The predicted molar refractivity (Wildman–Crippen MR) is 147 cm³/mol. The van der Waals surface area contributed by atoms with Gasteiger partial charge in [-0.2, -0.15) is 0 Å². The highest BCUT2D eigenvalue weighted by Crippen LogP contribution is 2.67. The van der Waals surface area contributed by atoms with E-state index in [0.29, 0.717) is 19.5 Å². The van der Waals surface area contributed by atoms with E-state index in [9.17, 15) is 19.5 Å². The highest BCUT2D eigenvalue weighted by atomic mass is 32.2. The fourth-order valence-electron chi connectivity index (χ4n) is 6.53. The average Bonchev–Trinajstić information content (AvgIpc) is 3.50. The van der Waals surface area contributed by atoms with E-state index < -0.39 is 34.2 Å². The van der Waals surface area contributed by atoms with E-state index in [0.717, 1.165) is 12.0 Å². The van der Waals surface area contributed by atoms with Gasteiger partial charge in [-0.05, 0) is 39.2 Å². The minimum atomic E-state index is -0.793. The first-order chi connectivity index (χ1) is 17.5. The Hall–Kier alpha value is -2.58. The van der Waals surface area contributed by atoms with Crippen LogP contribution < -0.4 is 0 Å². The maximum Gasteiger partial charge on any atom is 0.247 e. The fraction of sp³-hybridized carbons (Fsp3) is 0.552. The molecule has 2 unspecified atom stereocenters. The Bertz CT molecular complexity index is 1070.